The van der Waals surface area contributed by atoms with Gasteiger partial charge in [0.1, 0.15) is 0 Å². The second-order valence-corrected chi connectivity index (χ2v) is 8.20. The van der Waals surface area contributed by atoms with Gasteiger partial charge in [0, 0.05) is 17.2 Å². The number of rotatable bonds is 0. The van der Waals surface area contributed by atoms with Crippen LogP contribution in [0.2, 0.25) is 0 Å². The molecule has 0 N–H and O–H groups in total. The van der Waals surface area contributed by atoms with Crippen molar-refractivity contribution in [3.05, 3.63) is 29.8 Å². The highest BCUT2D eigenvalue weighted by molar-refractivity contribution is 8.00. The van der Waals surface area contributed by atoms with Crippen molar-refractivity contribution in [1.82, 2.24) is 0 Å². The van der Waals surface area contributed by atoms with Gasteiger partial charge in [-0.3, -0.25) is 0 Å². The highest BCUT2D eigenvalue weighted by atomic mass is 32.2. The third kappa shape index (κ3) is 1.35. The van der Waals surface area contributed by atoms with Crippen LogP contribution in [0.5, 0.6) is 0 Å². The lowest BCUT2D eigenvalue weighted by Gasteiger charge is -2.43. The van der Waals surface area contributed by atoms with Crippen molar-refractivity contribution in [3.8, 4) is 0 Å². The first-order valence-corrected chi connectivity index (χ1v) is 8.60. The van der Waals surface area contributed by atoms with Crippen LogP contribution >= 0.6 is 11.8 Å². The Morgan fingerprint density at radius 1 is 1.20 bits per heavy atom. The average Bonchev–Trinajstić information content (AvgIpc) is 3.10. The molecule has 20 heavy (non-hydrogen) atoms. The van der Waals surface area contributed by atoms with Crippen LogP contribution in [-0.2, 0) is 4.74 Å². The topological polar surface area (TPSA) is 26.3 Å². The summed E-state index contributed by atoms with van der Waals surface area (Å²) in [5.74, 6) is 3.06. The van der Waals surface area contributed by atoms with Gasteiger partial charge in [0.25, 0.3) is 0 Å². The number of carbonyl (C=O) groups excluding carboxylic acids is 1. The van der Waals surface area contributed by atoms with E-state index in [1.807, 2.05) is 30.0 Å². The standard InChI is InChI=1S/C17H18O2S/c18-16-13-4-1-2-7-15(13)20-17(19-16)9-10-8-14(17)12-6-3-5-11(10)12/h1-2,4,7,10-12,14H,3,5-6,8-9H2. The number of thioether (sulfide) groups is 1. The van der Waals surface area contributed by atoms with Crippen LogP contribution in [0.1, 0.15) is 42.5 Å². The minimum Gasteiger partial charge on any atom is -0.444 e. The van der Waals surface area contributed by atoms with E-state index in [4.69, 9.17) is 4.74 Å². The molecule has 3 saturated carbocycles. The maximum Gasteiger partial charge on any atom is 0.340 e. The predicted molar refractivity (Wildman–Crippen MR) is 77.5 cm³/mol. The maximum atomic E-state index is 12.4. The molecule has 104 valence electrons. The highest BCUT2D eigenvalue weighted by Crippen LogP contribution is 2.68. The van der Waals surface area contributed by atoms with Gasteiger partial charge in [-0.05, 0) is 49.1 Å². The van der Waals surface area contributed by atoms with Crippen molar-refractivity contribution in [2.45, 2.75) is 41.9 Å². The lowest BCUT2D eigenvalue weighted by molar-refractivity contribution is -0.0183. The molecule has 1 aliphatic heterocycles. The Hall–Kier alpha value is -0.960. The maximum absolute atomic E-state index is 12.4. The lowest BCUT2D eigenvalue weighted by Crippen LogP contribution is -2.44. The average molecular weight is 286 g/mol. The minimum atomic E-state index is -0.235. The molecule has 1 heterocycles. The Kier molecular flexibility index (Phi) is 2.23. The molecule has 0 amide bonds. The summed E-state index contributed by atoms with van der Waals surface area (Å²) in [4.78, 5) is 13.3. The summed E-state index contributed by atoms with van der Waals surface area (Å²) >= 11 is 1.84. The van der Waals surface area contributed by atoms with E-state index in [1.54, 1.807) is 0 Å². The second kappa shape index (κ2) is 3.82. The van der Waals surface area contributed by atoms with E-state index in [9.17, 15) is 4.79 Å². The predicted octanol–water partition coefficient (Wildman–Crippen LogP) is 4.10. The van der Waals surface area contributed by atoms with Crippen LogP contribution in [0.4, 0.5) is 0 Å². The zero-order valence-electron chi connectivity index (χ0n) is 11.4. The summed E-state index contributed by atoms with van der Waals surface area (Å²) in [6, 6.07) is 7.93. The summed E-state index contributed by atoms with van der Waals surface area (Å²) < 4.78 is 6.03. The molecule has 0 aromatic heterocycles. The summed E-state index contributed by atoms with van der Waals surface area (Å²) in [5.41, 5.74) is 0.758. The van der Waals surface area contributed by atoms with Gasteiger partial charge in [-0.15, -0.1) is 0 Å². The highest BCUT2D eigenvalue weighted by Gasteiger charge is 2.64. The quantitative estimate of drug-likeness (QED) is 0.672. The van der Waals surface area contributed by atoms with Gasteiger partial charge >= 0.3 is 5.97 Å². The summed E-state index contributed by atoms with van der Waals surface area (Å²) in [5, 5.41) is 0. The van der Waals surface area contributed by atoms with Crippen LogP contribution in [0.15, 0.2) is 29.2 Å². The molecule has 3 heteroatoms. The van der Waals surface area contributed by atoms with Crippen molar-refractivity contribution in [1.29, 1.82) is 0 Å². The number of hydrogen-bond donors (Lipinski definition) is 0. The van der Waals surface area contributed by atoms with Gasteiger partial charge in [0.15, 0.2) is 4.93 Å². The van der Waals surface area contributed by atoms with Crippen LogP contribution in [-0.4, -0.2) is 10.9 Å². The zero-order valence-corrected chi connectivity index (χ0v) is 12.2. The molecule has 3 aliphatic carbocycles. The molecular formula is C17H18O2S. The second-order valence-electron chi connectivity index (χ2n) is 6.86. The molecular weight excluding hydrogens is 268 g/mol. The summed E-state index contributed by atoms with van der Waals surface area (Å²) in [6.45, 7) is 0. The largest absolute Gasteiger partial charge is 0.444 e. The van der Waals surface area contributed by atoms with Crippen LogP contribution in [0, 0.1) is 23.7 Å². The van der Waals surface area contributed by atoms with E-state index in [2.05, 4.69) is 6.07 Å². The molecule has 1 spiro atoms. The number of carbonyl (C=O) groups is 1. The van der Waals surface area contributed by atoms with Gasteiger partial charge in [0.2, 0.25) is 0 Å². The molecule has 0 radical (unpaired) electrons. The first-order chi connectivity index (χ1) is 9.77. The number of hydrogen-bond acceptors (Lipinski definition) is 3. The first-order valence-electron chi connectivity index (χ1n) is 7.78. The SMILES string of the molecule is O=C1OC2(CC3CC2C2CCCC32)Sc2ccccc21. The summed E-state index contributed by atoms with van der Waals surface area (Å²) in [6.07, 6.45) is 6.53. The molecule has 5 atom stereocenters. The van der Waals surface area contributed by atoms with Crippen molar-refractivity contribution < 1.29 is 9.53 Å². The van der Waals surface area contributed by atoms with Gasteiger partial charge in [-0.1, -0.05) is 30.3 Å². The van der Waals surface area contributed by atoms with Gasteiger partial charge in [0.05, 0.1) is 5.56 Å². The van der Waals surface area contributed by atoms with Gasteiger partial charge in [-0.25, -0.2) is 4.79 Å². The summed E-state index contributed by atoms with van der Waals surface area (Å²) in [7, 11) is 0. The number of ether oxygens (including phenoxy) is 1. The van der Waals surface area contributed by atoms with Crippen molar-refractivity contribution in [2.75, 3.05) is 0 Å². The molecule has 5 rings (SSSR count). The Balaban J connectivity index is 1.56. The third-order valence-corrected chi connectivity index (χ3v) is 7.54. The van der Waals surface area contributed by atoms with E-state index in [0.717, 1.165) is 34.6 Å². The number of fused-ring (bicyclic) bond motifs is 7. The lowest BCUT2D eigenvalue weighted by atomic mass is 9.79. The van der Waals surface area contributed by atoms with E-state index < -0.39 is 0 Å². The Morgan fingerprint density at radius 2 is 2.05 bits per heavy atom. The Morgan fingerprint density at radius 3 is 3.00 bits per heavy atom. The van der Waals surface area contributed by atoms with Crippen LogP contribution < -0.4 is 0 Å². The van der Waals surface area contributed by atoms with E-state index in [0.29, 0.717) is 5.92 Å². The fourth-order valence-electron chi connectivity index (χ4n) is 5.41. The fraction of sp³-hybridized carbons (Fsp3) is 0.588. The number of esters is 1. The smallest absolute Gasteiger partial charge is 0.340 e. The fourth-order valence-corrected chi connectivity index (χ4v) is 7.03. The van der Waals surface area contributed by atoms with E-state index in [1.165, 1.54) is 25.7 Å². The third-order valence-electron chi connectivity index (χ3n) is 6.07. The van der Waals surface area contributed by atoms with Crippen molar-refractivity contribution in [2.24, 2.45) is 23.7 Å². The molecule has 2 bridgehead atoms. The Bertz CT molecular complexity index is 598. The van der Waals surface area contributed by atoms with E-state index in [-0.39, 0.29) is 10.9 Å². The zero-order chi connectivity index (χ0) is 13.3. The van der Waals surface area contributed by atoms with Crippen LogP contribution in [0.25, 0.3) is 0 Å². The first kappa shape index (κ1) is 11.7. The Labute approximate surface area is 123 Å². The van der Waals surface area contributed by atoms with Crippen LogP contribution in [0.3, 0.4) is 0 Å². The minimum absolute atomic E-state index is 0.0959. The molecule has 2 nitrogen and oxygen atoms in total. The number of benzene rings is 1. The van der Waals surface area contributed by atoms with Crippen molar-refractivity contribution >= 4 is 17.7 Å². The monoisotopic (exact) mass is 286 g/mol. The van der Waals surface area contributed by atoms with Gasteiger partial charge in [-0.2, -0.15) is 0 Å². The molecule has 3 fully saturated rings. The normalized spacial score (nSPS) is 44.5. The van der Waals surface area contributed by atoms with Gasteiger partial charge < -0.3 is 4.74 Å². The molecule has 1 aromatic rings. The molecule has 5 unspecified atom stereocenters. The molecule has 4 aliphatic rings. The van der Waals surface area contributed by atoms with Crippen molar-refractivity contribution in [3.63, 3.8) is 0 Å². The molecule has 0 saturated heterocycles. The van der Waals surface area contributed by atoms with E-state index >= 15 is 0 Å². The molecule has 1 aromatic carbocycles.